The molecule has 0 bridgehead atoms. The van der Waals surface area contributed by atoms with E-state index in [1.807, 2.05) is 11.3 Å². The van der Waals surface area contributed by atoms with E-state index in [0.29, 0.717) is 0 Å². The number of hydrogen-bond acceptors (Lipinski definition) is 3. The number of thiophene rings is 1. The highest BCUT2D eigenvalue weighted by Gasteiger charge is 2.21. The van der Waals surface area contributed by atoms with E-state index in [0.717, 1.165) is 34.1 Å². The molecule has 0 spiro atoms. The summed E-state index contributed by atoms with van der Waals surface area (Å²) in [5, 5.41) is 7.57. The van der Waals surface area contributed by atoms with Crippen LogP contribution >= 0.6 is 11.3 Å². The van der Waals surface area contributed by atoms with Gasteiger partial charge in [0.25, 0.3) is 0 Å². The molecular weight excluding hydrogens is 699 g/mol. The molecule has 0 saturated heterocycles. The first-order valence-corrected chi connectivity index (χ1v) is 19.8. The molecule has 0 aliphatic heterocycles. The van der Waals surface area contributed by atoms with Gasteiger partial charge in [-0.05, 0) is 114 Å². The topological polar surface area (TPSA) is 11.4 Å². The van der Waals surface area contributed by atoms with Crippen molar-refractivity contribution >= 4 is 98.2 Å². The Morgan fingerprint density at radius 1 is 0.339 bits per heavy atom. The Morgan fingerprint density at radius 2 is 0.893 bits per heavy atom. The fourth-order valence-electron chi connectivity index (χ4n) is 8.41. The summed E-state index contributed by atoms with van der Waals surface area (Å²) >= 11 is 1.87. The second-order valence-electron chi connectivity index (χ2n) is 14.2. The minimum Gasteiger partial charge on any atom is -0.310 e. The largest absolute Gasteiger partial charge is 0.310 e. The van der Waals surface area contributed by atoms with Gasteiger partial charge in [0.2, 0.25) is 0 Å². The Hall–Kier alpha value is -7.14. The van der Waals surface area contributed by atoms with Gasteiger partial charge in [-0.25, -0.2) is 0 Å². The van der Waals surface area contributed by atoms with Crippen molar-refractivity contribution in [3.63, 3.8) is 0 Å². The monoisotopic (exact) mass is 733 g/mol. The number of anilines is 6. The van der Waals surface area contributed by atoms with Crippen molar-refractivity contribution in [1.82, 2.24) is 4.57 Å². The standard InChI is InChI=1S/C52H35N3S/c1-4-17-38(18-5-1)53(43-31-32-45-44-23-12-13-24-47(44)55(49(45)35-43)40-21-8-3-9-22-40)41-27-29-42(30-28-41)54(39-19-6-2-7-20-39)48-25-14-26-50-52(48)46-33-36-15-10-11-16-37(36)34-51(46)56-50/h1-35H. The Labute approximate surface area is 329 Å². The maximum absolute atomic E-state index is 2.41. The van der Waals surface area contributed by atoms with Gasteiger partial charge in [0.15, 0.2) is 0 Å². The molecule has 0 saturated carbocycles. The van der Waals surface area contributed by atoms with Crippen molar-refractivity contribution in [3.8, 4) is 5.69 Å². The predicted octanol–water partition coefficient (Wildman–Crippen LogP) is 15.2. The number of fused-ring (bicyclic) bond motifs is 7. The van der Waals surface area contributed by atoms with Crippen LogP contribution in [0.4, 0.5) is 34.1 Å². The van der Waals surface area contributed by atoms with Crippen LogP contribution in [0.2, 0.25) is 0 Å². The summed E-state index contributed by atoms with van der Waals surface area (Å²) in [5.74, 6) is 0. The van der Waals surface area contributed by atoms with Crippen molar-refractivity contribution < 1.29 is 0 Å². The van der Waals surface area contributed by atoms with E-state index in [2.05, 4.69) is 227 Å². The van der Waals surface area contributed by atoms with Gasteiger partial charge in [-0.2, -0.15) is 0 Å². The smallest absolute Gasteiger partial charge is 0.0561 e. The van der Waals surface area contributed by atoms with Crippen molar-refractivity contribution in [1.29, 1.82) is 0 Å². The van der Waals surface area contributed by atoms with Gasteiger partial charge in [0.1, 0.15) is 0 Å². The average Bonchev–Trinajstić information content (AvgIpc) is 3.80. The average molecular weight is 734 g/mol. The van der Waals surface area contributed by atoms with Crippen LogP contribution in [0, 0.1) is 0 Å². The molecule has 2 heterocycles. The van der Waals surface area contributed by atoms with Gasteiger partial charge in [-0.3, -0.25) is 0 Å². The van der Waals surface area contributed by atoms with Crippen molar-refractivity contribution in [3.05, 3.63) is 212 Å². The van der Waals surface area contributed by atoms with Crippen LogP contribution in [0.5, 0.6) is 0 Å². The third-order valence-corrected chi connectivity index (χ3v) is 12.0. The Morgan fingerprint density at radius 3 is 1.62 bits per heavy atom. The van der Waals surface area contributed by atoms with E-state index in [9.17, 15) is 0 Å². The first-order valence-electron chi connectivity index (χ1n) is 19.0. The van der Waals surface area contributed by atoms with E-state index in [1.54, 1.807) is 0 Å². The minimum atomic E-state index is 1.08. The summed E-state index contributed by atoms with van der Waals surface area (Å²) in [6, 6.07) is 76.8. The third kappa shape index (κ3) is 5.34. The molecule has 9 aromatic carbocycles. The predicted molar refractivity (Wildman–Crippen MR) is 241 cm³/mol. The molecular formula is C52H35N3S. The molecule has 3 nitrogen and oxygen atoms in total. The second kappa shape index (κ2) is 13.3. The van der Waals surface area contributed by atoms with Gasteiger partial charge < -0.3 is 14.4 Å². The SMILES string of the molecule is c1ccc(N(c2ccc(N(c3ccccc3)c3cccc4sc5cc6ccccc6cc5c34)cc2)c2ccc3c4ccccc4n(-c4ccccc4)c3c2)cc1. The molecule has 0 amide bonds. The van der Waals surface area contributed by atoms with Gasteiger partial charge in [0.05, 0.1) is 16.7 Å². The van der Waals surface area contributed by atoms with Gasteiger partial charge >= 0.3 is 0 Å². The first kappa shape index (κ1) is 32.3. The van der Waals surface area contributed by atoms with E-state index in [4.69, 9.17) is 0 Å². The van der Waals surface area contributed by atoms with Crippen LogP contribution in [0.15, 0.2) is 212 Å². The van der Waals surface area contributed by atoms with Crippen molar-refractivity contribution in [2.45, 2.75) is 0 Å². The molecule has 264 valence electrons. The molecule has 0 unspecified atom stereocenters. The van der Waals surface area contributed by atoms with E-state index in [-0.39, 0.29) is 0 Å². The zero-order valence-corrected chi connectivity index (χ0v) is 31.3. The summed E-state index contributed by atoms with van der Waals surface area (Å²) in [6.45, 7) is 0. The summed E-state index contributed by atoms with van der Waals surface area (Å²) < 4.78 is 4.97. The summed E-state index contributed by atoms with van der Waals surface area (Å²) in [6.07, 6.45) is 0. The highest BCUT2D eigenvalue weighted by molar-refractivity contribution is 7.26. The summed E-state index contributed by atoms with van der Waals surface area (Å²) in [7, 11) is 0. The molecule has 0 radical (unpaired) electrons. The Balaban J connectivity index is 1.07. The second-order valence-corrected chi connectivity index (χ2v) is 15.3. The van der Waals surface area contributed by atoms with Crippen LogP contribution in [-0.2, 0) is 0 Å². The highest BCUT2D eigenvalue weighted by atomic mass is 32.1. The molecule has 2 aromatic heterocycles. The first-order chi connectivity index (χ1) is 27.8. The third-order valence-electron chi connectivity index (χ3n) is 10.9. The van der Waals surface area contributed by atoms with E-state index < -0.39 is 0 Å². The lowest BCUT2D eigenvalue weighted by molar-refractivity contribution is 1.18. The molecule has 11 aromatic rings. The Kier molecular flexibility index (Phi) is 7.68. The molecule has 11 rings (SSSR count). The fourth-order valence-corrected chi connectivity index (χ4v) is 9.57. The lowest BCUT2D eigenvalue weighted by Gasteiger charge is -2.29. The zero-order chi connectivity index (χ0) is 37.0. The number of aromatic nitrogens is 1. The number of benzene rings is 9. The number of rotatable bonds is 7. The number of hydrogen-bond donors (Lipinski definition) is 0. The van der Waals surface area contributed by atoms with Crippen LogP contribution in [-0.4, -0.2) is 4.57 Å². The molecule has 56 heavy (non-hydrogen) atoms. The lowest BCUT2D eigenvalue weighted by atomic mass is 10.0. The highest BCUT2D eigenvalue weighted by Crippen LogP contribution is 2.47. The molecule has 0 atom stereocenters. The van der Waals surface area contributed by atoms with Gasteiger partial charge in [-0.15, -0.1) is 11.3 Å². The van der Waals surface area contributed by atoms with Gasteiger partial charge in [-0.1, -0.05) is 109 Å². The number of para-hydroxylation sites is 4. The van der Waals surface area contributed by atoms with E-state index >= 15 is 0 Å². The minimum absolute atomic E-state index is 1.08. The van der Waals surface area contributed by atoms with E-state index in [1.165, 1.54) is 58.4 Å². The lowest BCUT2D eigenvalue weighted by Crippen LogP contribution is -2.12. The fraction of sp³-hybridized carbons (Fsp3) is 0. The Bertz CT molecular complexity index is 3180. The molecule has 0 N–H and O–H groups in total. The molecule has 0 aliphatic rings. The van der Waals surface area contributed by atoms with Crippen LogP contribution < -0.4 is 9.80 Å². The normalized spacial score (nSPS) is 11.6. The summed E-state index contributed by atoms with van der Waals surface area (Å²) in [4.78, 5) is 4.77. The molecule has 0 fully saturated rings. The van der Waals surface area contributed by atoms with Crippen LogP contribution in [0.3, 0.4) is 0 Å². The molecule has 4 heteroatoms. The number of nitrogens with zero attached hydrogens (tertiary/aromatic N) is 3. The maximum atomic E-state index is 2.41. The van der Waals surface area contributed by atoms with Crippen LogP contribution in [0.1, 0.15) is 0 Å². The van der Waals surface area contributed by atoms with Gasteiger partial charge in [0, 0.05) is 65.1 Å². The zero-order valence-electron chi connectivity index (χ0n) is 30.5. The summed E-state index contributed by atoms with van der Waals surface area (Å²) in [5.41, 5.74) is 10.2. The molecule has 0 aliphatic carbocycles. The maximum Gasteiger partial charge on any atom is 0.0561 e. The quantitative estimate of drug-likeness (QED) is 0.162. The van der Waals surface area contributed by atoms with Crippen LogP contribution in [0.25, 0.3) is 58.4 Å². The van der Waals surface area contributed by atoms with Crippen molar-refractivity contribution in [2.24, 2.45) is 0 Å². The van der Waals surface area contributed by atoms with Crippen molar-refractivity contribution in [2.75, 3.05) is 9.80 Å².